The first-order chi connectivity index (χ1) is 8.88. The molecule has 1 rings (SSSR count). The number of ether oxygens (including phenoxy) is 1. The largest absolute Gasteiger partial charge is 0.447 e. The molecule has 0 aliphatic rings. The molecular weight excluding hydrogens is 287 g/mol. The predicted molar refractivity (Wildman–Crippen MR) is 78.9 cm³/mol. The van der Waals surface area contributed by atoms with Gasteiger partial charge in [-0.15, -0.1) is 0 Å². The van der Waals surface area contributed by atoms with Crippen LogP contribution in [0.4, 0.5) is 10.5 Å². The minimum atomic E-state index is -0.574. The highest BCUT2D eigenvalue weighted by Gasteiger charge is 2.22. The van der Waals surface area contributed by atoms with Gasteiger partial charge in [-0.2, -0.15) is 0 Å². The Morgan fingerprint density at radius 1 is 1.26 bits per heavy atom. The minimum Gasteiger partial charge on any atom is -0.447 e. The van der Waals surface area contributed by atoms with Crippen LogP contribution in [0.2, 0.25) is 10.0 Å². The molecule has 0 aliphatic heterocycles. The lowest BCUT2D eigenvalue weighted by Gasteiger charge is -2.25. The smallest absolute Gasteiger partial charge is 0.411 e. The van der Waals surface area contributed by atoms with E-state index in [1.165, 1.54) is 0 Å². The van der Waals surface area contributed by atoms with Crippen molar-refractivity contribution in [2.75, 3.05) is 11.9 Å². The summed E-state index contributed by atoms with van der Waals surface area (Å²) in [6, 6.07) is 4.76. The van der Waals surface area contributed by atoms with Gasteiger partial charge < -0.3 is 10.5 Å². The van der Waals surface area contributed by atoms with Crippen molar-refractivity contribution >= 4 is 35.0 Å². The number of carbonyl (C=O) groups excluding carboxylic acids is 1. The van der Waals surface area contributed by atoms with Crippen molar-refractivity contribution in [3.63, 3.8) is 0 Å². The molecule has 1 aromatic rings. The topological polar surface area (TPSA) is 64.3 Å². The maximum absolute atomic E-state index is 11.6. The van der Waals surface area contributed by atoms with E-state index in [0.717, 1.165) is 12.8 Å². The fraction of sp³-hybridized carbons (Fsp3) is 0.462. The van der Waals surface area contributed by atoms with Gasteiger partial charge in [0.15, 0.2) is 0 Å². The number of anilines is 1. The van der Waals surface area contributed by atoms with Gasteiger partial charge >= 0.3 is 6.09 Å². The summed E-state index contributed by atoms with van der Waals surface area (Å²) in [6.07, 6.45) is 0.898. The van der Waals surface area contributed by atoms with Crippen LogP contribution in [-0.4, -0.2) is 18.2 Å². The number of rotatable bonds is 5. The molecule has 6 heteroatoms. The first-order valence-electron chi connectivity index (χ1n) is 6.07. The van der Waals surface area contributed by atoms with Gasteiger partial charge in [-0.05, 0) is 31.0 Å². The molecule has 0 atom stereocenters. The Morgan fingerprint density at radius 3 is 2.26 bits per heavy atom. The summed E-state index contributed by atoms with van der Waals surface area (Å²) in [4.78, 5) is 11.6. The molecule has 0 radical (unpaired) electrons. The molecule has 0 fully saturated rings. The molecule has 0 aromatic heterocycles. The zero-order valence-corrected chi connectivity index (χ0v) is 12.5. The zero-order valence-electron chi connectivity index (χ0n) is 11.0. The minimum absolute atomic E-state index is 0.167. The number of halogens is 2. The van der Waals surface area contributed by atoms with Gasteiger partial charge in [-0.25, -0.2) is 4.79 Å². The lowest BCUT2D eigenvalue weighted by atomic mass is 9.96. The van der Waals surface area contributed by atoms with Crippen LogP contribution in [0, 0.1) is 0 Å². The summed E-state index contributed by atoms with van der Waals surface area (Å²) < 4.78 is 5.11. The second-order valence-corrected chi connectivity index (χ2v) is 5.30. The van der Waals surface area contributed by atoms with E-state index in [1.807, 2.05) is 13.8 Å². The maximum Gasteiger partial charge on any atom is 0.411 e. The highest BCUT2D eigenvalue weighted by Crippen LogP contribution is 2.22. The average Bonchev–Trinajstić information content (AvgIpc) is 2.35. The summed E-state index contributed by atoms with van der Waals surface area (Å²) in [6.45, 7) is 4.09. The third-order valence-corrected chi connectivity index (χ3v) is 3.44. The normalized spacial score (nSPS) is 11.2. The molecule has 0 unspecified atom stereocenters. The first-order valence-corrected chi connectivity index (χ1v) is 6.83. The standard InChI is InChI=1S/C13H18Cl2N2O2/c1-3-13(16,4-2)8-19-12(18)17-11-6-9(14)5-10(15)7-11/h5-7H,3-4,8,16H2,1-2H3,(H,17,18). The molecule has 1 amide bonds. The predicted octanol–water partition coefficient (Wildman–Crippen LogP) is 4.06. The summed E-state index contributed by atoms with van der Waals surface area (Å²) in [5, 5.41) is 3.44. The molecule has 0 saturated carbocycles. The van der Waals surface area contributed by atoms with Gasteiger partial charge in [0.05, 0.1) is 0 Å². The van der Waals surface area contributed by atoms with E-state index in [4.69, 9.17) is 33.7 Å². The lowest BCUT2D eigenvalue weighted by Crippen LogP contribution is -2.44. The van der Waals surface area contributed by atoms with Crippen molar-refractivity contribution in [3.05, 3.63) is 28.2 Å². The van der Waals surface area contributed by atoms with E-state index in [1.54, 1.807) is 18.2 Å². The molecule has 106 valence electrons. The number of carbonyl (C=O) groups is 1. The third kappa shape index (κ3) is 5.27. The SMILES string of the molecule is CCC(N)(CC)COC(=O)Nc1cc(Cl)cc(Cl)c1. The molecule has 3 N–H and O–H groups in total. The zero-order chi connectivity index (χ0) is 14.5. The fourth-order valence-corrected chi connectivity index (χ4v) is 1.97. The van der Waals surface area contributed by atoms with Crippen molar-refractivity contribution in [3.8, 4) is 0 Å². The van der Waals surface area contributed by atoms with Crippen LogP contribution in [0.25, 0.3) is 0 Å². The lowest BCUT2D eigenvalue weighted by molar-refractivity contribution is 0.125. The number of hydrogen-bond acceptors (Lipinski definition) is 3. The van der Waals surface area contributed by atoms with Gasteiger partial charge in [0.1, 0.15) is 6.61 Å². The second kappa shape index (κ2) is 6.98. The first kappa shape index (κ1) is 16.1. The van der Waals surface area contributed by atoms with Crippen molar-refractivity contribution in [1.82, 2.24) is 0 Å². The molecular formula is C13H18Cl2N2O2. The fourth-order valence-electron chi connectivity index (χ4n) is 1.44. The van der Waals surface area contributed by atoms with E-state index < -0.39 is 11.6 Å². The summed E-state index contributed by atoms with van der Waals surface area (Å²) in [5.74, 6) is 0. The Morgan fingerprint density at radius 2 is 1.79 bits per heavy atom. The van der Waals surface area contributed by atoms with Crippen molar-refractivity contribution in [1.29, 1.82) is 0 Å². The van der Waals surface area contributed by atoms with Gasteiger partial charge in [-0.1, -0.05) is 37.0 Å². The molecule has 19 heavy (non-hydrogen) atoms. The number of amides is 1. The Labute approximate surface area is 123 Å². The van der Waals surface area contributed by atoms with Crippen LogP contribution in [0.1, 0.15) is 26.7 Å². The maximum atomic E-state index is 11.6. The van der Waals surface area contributed by atoms with Crippen LogP contribution >= 0.6 is 23.2 Å². The molecule has 1 aromatic carbocycles. The summed E-state index contributed by atoms with van der Waals surface area (Å²) in [5.41, 5.74) is 6.04. The highest BCUT2D eigenvalue weighted by molar-refractivity contribution is 6.35. The Bertz CT molecular complexity index is 428. The molecule has 0 aliphatic carbocycles. The van der Waals surface area contributed by atoms with Crippen LogP contribution in [0.5, 0.6) is 0 Å². The van der Waals surface area contributed by atoms with Crippen LogP contribution in [-0.2, 0) is 4.74 Å². The van der Waals surface area contributed by atoms with E-state index in [9.17, 15) is 4.79 Å². The number of nitrogens with one attached hydrogen (secondary N) is 1. The molecule has 0 bridgehead atoms. The van der Waals surface area contributed by atoms with Crippen LogP contribution in [0.15, 0.2) is 18.2 Å². The summed E-state index contributed by atoms with van der Waals surface area (Å²) >= 11 is 11.7. The average molecular weight is 305 g/mol. The molecule has 4 nitrogen and oxygen atoms in total. The van der Waals surface area contributed by atoms with Crippen molar-refractivity contribution in [2.24, 2.45) is 5.73 Å². The summed E-state index contributed by atoms with van der Waals surface area (Å²) in [7, 11) is 0. The monoisotopic (exact) mass is 304 g/mol. The number of nitrogens with two attached hydrogens (primary N) is 1. The van der Waals surface area contributed by atoms with Crippen LogP contribution < -0.4 is 11.1 Å². The van der Waals surface area contributed by atoms with Crippen molar-refractivity contribution in [2.45, 2.75) is 32.2 Å². The van der Waals surface area contributed by atoms with Crippen LogP contribution in [0.3, 0.4) is 0 Å². The second-order valence-electron chi connectivity index (χ2n) is 4.43. The number of hydrogen-bond donors (Lipinski definition) is 2. The Balaban J connectivity index is 2.56. The third-order valence-electron chi connectivity index (χ3n) is 3.01. The number of benzene rings is 1. The molecule has 0 spiro atoms. The molecule has 0 saturated heterocycles. The van der Waals surface area contributed by atoms with E-state index >= 15 is 0 Å². The van der Waals surface area contributed by atoms with Crippen molar-refractivity contribution < 1.29 is 9.53 Å². The van der Waals surface area contributed by atoms with E-state index in [2.05, 4.69) is 5.32 Å². The quantitative estimate of drug-likeness (QED) is 0.862. The highest BCUT2D eigenvalue weighted by atomic mass is 35.5. The Hall–Kier alpha value is -0.970. The van der Waals surface area contributed by atoms with E-state index in [0.29, 0.717) is 15.7 Å². The van der Waals surface area contributed by atoms with Gasteiger partial charge in [0, 0.05) is 21.3 Å². The van der Waals surface area contributed by atoms with Gasteiger partial charge in [-0.3, -0.25) is 5.32 Å². The van der Waals surface area contributed by atoms with E-state index in [-0.39, 0.29) is 6.61 Å². The molecule has 0 heterocycles. The van der Waals surface area contributed by atoms with Gasteiger partial charge in [0.2, 0.25) is 0 Å². The Kier molecular flexibility index (Phi) is 5.91. The van der Waals surface area contributed by atoms with Gasteiger partial charge in [0.25, 0.3) is 0 Å².